The molecule has 0 aromatic heterocycles. The third-order valence-corrected chi connectivity index (χ3v) is 4.98. The fraction of sp³-hybridized carbons (Fsp3) is 0.391. The van der Waals surface area contributed by atoms with E-state index in [-0.39, 0.29) is 29.9 Å². The molecule has 2 aromatic carbocycles. The van der Waals surface area contributed by atoms with E-state index in [1.807, 2.05) is 17.0 Å². The first kappa shape index (κ1) is 23.2. The van der Waals surface area contributed by atoms with E-state index < -0.39 is 0 Å². The smallest absolute Gasteiger partial charge is 0.222 e. The van der Waals surface area contributed by atoms with Crippen LogP contribution in [0.2, 0.25) is 0 Å². The Morgan fingerprint density at radius 3 is 2.45 bits per heavy atom. The molecular weight excluding hydrogens is 475 g/mol. The summed E-state index contributed by atoms with van der Waals surface area (Å²) in [6, 6.07) is 16.8. The van der Waals surface area contributed by atoms with Gasteiger partial charge in [0.25, 0.3) is 0 Å². The van der Waals surface area contributed by atoms with Gasteiger partial charge in [-0.1, -0.05) is 54.1 Å². The molecule has 0 radical (unpaired) electrons. The number of hydrogen-bond donors (Lipinski definition) is 2. The fourth-order valence-corrected chi connectivity index (χ4v) is 3.35. The van der Waals surface area contributed by atoms with Gasteiger partial charge in [-0.15, -0.1) is 24.0 Å². The van der Waals surface area contributed by atoms with Gasteiger partial charge in [-0.2, -0.15) is 0 Å². The zero-order valence-corrected chi connectivity index (χ0v) is 19.6. The molecule has 1 aliphatic rings. The van der Waals surface area contributed by atoms with Crippen molar-refractivity contribution in [2.45, 2.75) is 46.3 Å². The molecule has 0 atom stereocenters. The Bertz CT molecular complexity index is 820. The molecule has 3 rings (SSSR count). The number of halogens is 1. The van der Waals surface area contributed by atoms with Gasteiger partial charge in [0, 0.05) is 32.6 Å². The second-order valence-corrected chi connectivity index (χ2v) is 7.22. The molecule has 0 spiro atoms. The van der Waals surface area contributed by atoms with Crippen LogP contribution in [-0.4, -0.2) is 29.9 Å². The summed E-state index contributed by atoms with van der Waals surface area (Å²) in [4.78, 5) is 18.6. The predicted molar refractivity (Wildman–Crippen MR) is 129 cm³/mol. The summed E-state index contributed by atoms with van der Waals surface area (Å²) >= 11 is 0. The number of nitrogens with one attached hydrogen (secondary N) is 2. The van der Waals surface area contributed by atoms with Crippen LogP contribution in [0.25, 0.3) is 0 Å². The number of amides is 1. The molecule has 0 aliphatic carbocycles. The fourth-order valence-electron chi connectivity index (χ4n) is 3.35. The van der Waals surface area contributed by atoms with Gasteiger partial charge in [0.15, 0.2) is 5.96 Å². The van der Waals surface area contributed by atoms with Gasteiger partial charge in [0.2, 0.25) is 5.91 Å². The zero-order valence-electron chi connectivity index (χ0n) is 17.3. The molecule has 0 bridgehead atoms. The molecule has 0 unspecified atom stereocenters. The minimum absolute atomic E-state index is 0. The maximum atomic E-state index is 12.0. The van der Waals surface area contributed by atoms with Gasteiger partial charge in [-0.3, -0.25) is 4.79 Å². The van der Waals surface area contributed by atoms with Crippen molar-refractivity contribution in [2.24, 2.45) is 4.99 Å². The zero-order chi connectivity index (χ0) is 19.8. The number of benzene rings is 2. The first-order valence-electron chi connectivity index (χ1n) is 10.1. The Labute approximate surface area is 191 Å². The van der Waals surface area contributed by atoms with Crippen molar-refractivity contribution in [3.05, 3.63) is 70.8 Å². The number of guanidine groups is 1. The maximum Gasteiger partial charge on any atom is 0.222 e. The minimum Gasteiger partial charge on any atom is -0.357 e. The number of aryl methyl sites for hydroxylation is 1. The summed E-state index contributed by atoms with van der Waals surface area (Å²) in [6.45, 7) is 7.83. The van der Waals surface area contributed by atoms with Crippen LogP contribution >= 0.6 is 24.0 Å². The molecule has 1 heterocycles. The standard InChI is InChI=1S/C23H30N4O.HI/c1-3-24-23(25-15-19-12-10-18(2)11-13-19)26-16-20-7-4-5-8-21(20)17-27-14-6-9-22(27)28;/h4-5,7-8,10-13H,3,6,9,14-17H2,1-2H3,(H2,24,25,26);1H. The lowest BCUT2D eigenvalue weighted by atomic mass is 10.1. The highest BCUT2D eigenvalue weighted by Gasteiger charge is 2.20. The molecule has 0 saturated carbocycles. The summed E-state index contributed by atoms with van der Waals surface area (Å²) in [7, 11) is 0. The number of carbonyl (C=O) groups excluding carboxylic acids is 1. The number of aliphatic imine (C=N–C) groups is 1. The lowest BCUT2D eigenvalue weighted by Gasteiger charge is -2.19. The van der Waals surface area contributed by atoms with Crippen molar-refractivity contribution in [2.75, 3.05) is 13.1 Å². The number of rotatable bonds is 7. The highest BCUT2D eigenvalue weighted by atomic mass is 127. The number of hydrogen-bond acceptors (Lipinski definition) is 2. The molecule has 156 valence electrons. The number of nitrogens with zero attached hydrogens (tertiary/aromatic N) is 2. The first-order valence-corrected chi connectivity index (χ1v) is 10.1. The van der Waals surface area contributed by atoms with E-state index in [4.69, 9.17) is 4.99 Å². The van der Waals surface area contributed by atoms with Crippen LogP contribution in [-0.2, 0) is 24.4 Å². The van der Waals surface area contributed by atoms with Crippen LogP contribution in [0.5, 0.6) is 0 Å². The molecule has 29 heavy (non-hydrogen) atoms. The topological polar surface area (TPSA) is 56.7 Å². The molecular formula is C23H31IN4O. The average molecular weight is 506 g/mol. The minimum atomic E-state index is 0. The summed E-state index contributed by atoms with van der Waals surface area (Å²) in [6.07, 6.45) is 1.64. The molecule has 1 fully saturated rings. The monoisotopic (exact) mass is 506 g/mol. The molecule has 1 saturated heterocycles. The van der Waals surface area contributed by atoms with E-state index >= 15 is 0 Å². The van der Waals surface area contributed by atoms with Gasteiger partial charge in [0.05, 0.1) is 6.54 Å². The Morgan fingerprint density at radius 2 is 1.79 bits per heavy atom. The van der Waals surface area contributed by atoms with E-state index in [1.165, 1.54) is 22.3 Å². The van der Waals surface area contributed by atoms with Gasteiger partial charge >= 0.3 is 0 Å². The molecule has 5 nitrogen and oxygen atoms in total. The molecule has 2 aromatic rings. The van der Waals surface area contributed by atoms with Crippen molar-refractivity contribution in [1.29, 1.82) is 0 Å². The van der Waals surface area contributed by atoms with Crippen molar-refractivity contribution in [3.8, 4) is 0 Å². The van der Waals surface area contributed by atoms with Crippen LogP contribution < -0.4 is 10.6 Å². The van der Waals surface area contributed by atoms with E-state index in [0.29, 0.717) is 26.1 Å². The normalized spacial score (nSPS) is 13.9. The molecule has 1 aliphatic heterocycles. The Kier molecular flexibility index (Phi) is 9.44. The summed E-state index contributed by atoms with van der Waals surface area (Å²) < 4.78 is 0. The van der Waals surface area contributed by atoms with Gasteiger partial charge in [-0.25, -0.2) is 4.99 Å². The van der Waals surface area contributed by atoms with E-state index in [9.17, 15) is 4.79 Å². The SMILES string of the molecule is CCNC(=NCc1ccc(C)cc1)NCc1ccccc1CN1CCCC1=O.I. The van der Waals surface area contributed by atoms with Gasteiger partial charge < -0.3 is 15.5 Å². The van der Waals surface area contributed by atoms with Crippen molar-refractivity contribution in [3.63, 3.8) is 0 Å². The Balaban J connectivity index is 0.00000300. The van der Waals surface area contributed by atoms with Crippen LogP contribution in [0.3, 0.4) is 0 Å². The van der Waals surface area contributed by atoms with Crippen molar-refractivity contribution in [1.82, 2.24) is 15.5 Å². The van der Waals surface area contributed by atoms with Crippen LogP contribution in [0.1, 0.15) is 42.0 Å². The Morgan fingerprint density at radius 1 is 1.07 bits per heavy atom. The van der Waals surface area contributed by atoms with Crippen LogP contribution in [0.15, 0.2) is 53.5 Å². The van der Waals surface area contributed by atoms with E-state index in [1.54, 1.807) is 0 Å². The third kappa shape index (κ3) is 7.03. The lowest BCUT2D eigenvalue weighted by molar-refractivity contribution is -0.128. The highest BCUT2D eigenvalue weighted by Crippen LogP contribution is 2.17. The summed E-state index contributed by atoms with van der Waals surface area (Å²) in [5, 5.41) is 6.74. The quantitative estimate of drug-likeness (QED) is 0.339. The second kappa shape index (κ2) is 11.8. The number of carbonyl (C=O) groups is 1. The molecule has 1 amide bonds. The van der Waals surface area contributed by atoms with Crippen molar-refractivity contribution >= 4 is 35.8 Å². The van der Waals surface area contributed by atoms with Crippen LogP contribution in [0.4, 0.5) is 0 Å². The summed E-state index contributed by atoms with van der Waals surface area (Å²) in [5.41, 5.74) is 4.84. The Hall–Kier alpha value is -2.09. The largest absolute Gasteiger partial charge is 0.357 e. The lowest BCUT2D eigenvalue weighted by Crippen LogP contribution is -2.37. The van der Waals surface area contributed by atoms with Gasteiger partial charge in [-0.05, 0) is 37.0 Å². The average Bonchev–Trinajstić information content (AvgIpc) is 3.11. The molecule has 2 N–H and O–H groups in total. The maximum absolute atomic E-state index is 12.0. The highest BCUT2D eigenvalue weighted by molar-refractivity contribution is 14.0. The van der Waals surface area contributed by atoms with Crippen LogP contribution in [0, 0.1) is 6.92 Å². The van der Waals surface area contributed by atoms with Gasteiger partial charge in [0.1, 0.15) is 0 Å². The number of likely N-dealkylation sites (tertiary alicyclic amines) is 1. The summed E-state index contributed by atoms with van der Waals surface area (Å²) in [5.74, 6) is 1.06. The second-order valence-electron chi connectivity index (χ2n) is 7.22. The van der Waals surface area contributed by atoms with Crippen molar-refractivity contribution < 1.29 is 4.79 Å². The first-order chi connectivity index (χ1) is 13.7. The van der Waals surface area contributed by atoms with E-state index in [2.05, 4.69) is 60.9 Å². The molecule has 6 heteroatoms. The third-order valence-electron chi connectivity index (χ3n) is 4.98. The van der Waals surface area contributed by atoms with E-state index in [0.717, 1.165) is 25.5 Å². The predicted octanol–water partition coefficient (Wildman–Crippen LogP) is 3.99.